The molecule has 0 atom stereocenters. The number of sulfonamides is 1. The van der Waals surface area contributed by atoms with Gasteiger partial charge in [0.25, 0.3) is 0 Å². The van der Waals surface area contributed by atoms with E-state index in [0.717, 1.165) is 12.0 Å². The summed E-state index contributed by atoms with van der Waals surface area (Å²) in [7, 11) is -3.35. The monoisotopic (exact) mass is 284 g/mol. The number of rotatable bonds is 7. The van der Waals surface area contributed by atoms with Crippen LogP contribution in [0.2, 0.25) is 0 Å². The van der Waals surface area contributed by atoms with Crippen LogP contribution in [-0.4, -0.2) is 26.6 Å². The molecule has 0 aliphatic carbocycles. The van der Waals surface area contributed by atoms with Gasteiger partial charge in [-0.15, -0.1) is 0 Å². The summed E-state index contributed by atoms with van der Waals surface area (Å²) in [4.78, 5) is 11.6. The molecule has 0 aliphatic rings. The Labute approximate surface area is 114 Å². The average Bonchev–Trinajstić information content (AvgIpc) is 2.34. The summed E-state index contributed by atoms with van der Waals surface area (Å²) in [6.45, 7) is 3.60. The van der Waals surface area contributed by atoms with Gasteiger partial charge >= 0.3 is 0 Å². The Morgan fingerprint density at radius 1 is 1.32 bits per heavy atom. The minimum Gasteiger partial charge on any atom is -0.325 e. The molecule has 0 spiro atoms. The Kier molecular flexibility index (Phi) is 5.98. The first-order chi connectivity index (χ1) is 8.93. The Balaban J connectivity index is 2.44. The minimum atomic E-state index is -3.35. The van der Waals surface area contributed by atoms with Gasteiger partial charge in [0.15, 0.2) is 0 Å². The lowest BCUT2D eigenvalue weighted by atomic mass is 10.2. The maximum absolute atomic E-state index is 11.6. The third-order valence-corrected chi connectivity index (χ3v) is 3.93. The predicted octanol–water partition coefficient (Wildman–Crippen LogP) is 1.65. The van der Waals surface area contributed by atoms with Gasteiger partial charge in [0, 0.05) is 5.69 Å². The van der Waals surface area contributed by atoms with Crippen molar-refractivity contribution in [3.63, 3.8) is 0 Å². The van der Waals surface area contributed by atoms with Gasteiger partial charge in [-0.25, -0.2) is 13.1 Å². The van der Waals surface area contributed by atoms with E-state index < -0.39 is 10.0 Å². The van der Waals surface area contributed by atoms with Crippen LogP contribution in [0.15, 0.2) is 24.3 Å². The number of amides is 1. The molecule has 0 unspecified atom stereocenters. The number of carbonyl (C=O) groups excluding carboxylic acids is 1. The summed E-state index contributed by atoms with van der Waals surface area (Å²) in [5.41, 5.74) is 1.69. The Hall–Kier alpha value is -1.40. The smallest absolute Gasteiger partial charge is 0.239 e. The molecule has 6 heteroatoms. The highest BCUT2D eigenvalue weighted by atomic mass is 32.2. The molecule has 0 saturated heterocycles. The van der Waals surface area contributed by atoms with E-state index >= 15 is 0 Å². The molecule has 0 heterocycles. The fourth-order valence-corrected chi connectivity index (χ4v) is 2.67. The van der Waals surface area contributed by atoms with E-state index in [0.29, 0.717) is 12.1 Å². The van der Waals surface area contributed by atoms with Gasteiger partial charge in [0.2, 0.25) is 15.9 Å². The van der Waals surface area contributed by atoms with Crippen molar-refractivity contribution in [3.8, 4) is 0 Å². The average molecular weight is 284 g/mol. The highest BCUT2D eigenvalue weighted by Gasteiger charge is 2.11. The van der Waals surface area contributed by atoms with Crippen molar-refractivity contribution in [2.45, 2.75) is 26.7 Å². The Morgan fingerprint density at radius 3 is 2.68 bits per heavy atom. The molecule has 1 aromatic rings. The van der Waals surface area contributed by atoms with Crippen LogP contribution in [-0.2, 0) is 14.8 Å². The molecule has 1 rings (SSSR count). The zero-order chi connectivity index (χ0) is 14.3. The summed E-state index contributed by atoms with van der Waals surface area (Å²) >= 11 is 0. The van der Waals surface area contributed by atoms with Crippen LogP contribution in [0.1, 0.15) is 25.3 Å². The molecule has 2 N–H and O–H groups in total. The number of unbranched alkanes of at least 4 members (excludes halogenated alkanes) is 1. The minimum absolute atomic E-state index is 0.0568. The van der Waals surface area contributed by atoms with Crippen LogP contribution >= 0.6 is 0 Å². The van der Waals surface area contributed by atoms with E-state index in [1.807, 2.05) is 32.0 Å². The lowest BCUT2D eigenvalue weighted by Crippen LogP contribution is -2.34. The first-order valence-corrected chi connectivity index (χ1v) is 7.92. The molecular weight excluding hydrogens is 264 g/mol. The Bertz CT molecular complexity index is 526. The molecule has 5 nitrogen and oxygen atoms in total. The van der Waals surface area contributed by atoms with Crippen molar-refractivity contribution in [2.75, 3.05) is 17.6 Å². The molecule has 106 valence electrons. The zero-order valence-electron chi connectivity index (χ0n) is 11.3. The molecule has 0 aliphatic heterocycles. The van der Waals surface area contributed by atoms with Crippen molar-refractivity contribution in [1.29, 1.82) is 0 Å². The fourth-order valence-electron chi connectivity index (χ4n) is 1.51. The van der Waals surface area contributed by atoms with Crippen molar-refractivity contribution < 1.29 is 13.2 Å². The van der Waals surface area contributed by atoms with Gasteiger partial charge in [-0.05, 0) is 31.0 Å². The standard InChI is InChI=1S/C13H20N2O3S/c1-3-4-8-19(17,18)14-10-13(16)15-12-7-5-6-11(2)9-12/h5-7,9,14H,3-4,8,10H2,1-2H3,(H,15,16). The molecule has 19 heavy (non-hydrogen) atoms. The van der Waals surface area contributed by atoms with E-state index in [1.165, 1.54) is 0 Å². The largest absolute Gasteiger partial charge is 0.325 e. The Morgan fingerprint density at radius 2 is 2.05 bits per heavy atom. The summed E-state index contributed by atoms with van der Waals surface area (Å²) in [5.74, 6) is -0.313. The van der Waals surface area contributed by atoms with Crippen molar-refractivity contribution in [2.24, 2.45) is 0 Å². The number of hydrogen-bond donors (Lipinski definition) is 2. The van der Waals surface area contributed by atoms with Crippen LogP contribution in [0.3, 0.4) is 0 Å². The van der Waals surface area contributed by atoms with Gasteiger partial charge in [-0.2, -0.15) is 0 Å². The van der Waals surface area contributed by atoms with Gasteiger partial charge in [0.05, 0.1) is 12.3 Å². The van der Waals surface area contributed by atoms with Crippen molar-refractivity contribution in [1.82, 2.24) is 4.72 Å². The molecule has 1 aromatic carbocycles. The third-order valence-electron chi connectivity index (χ3n) is 2.52. The second kappa shape index (κ2) is 7.25. The zero-order valence-corrected chi connectivity index (χ0v) is 12.1. The van der Waals surface area contributed by atoms with Crippen LogP contribution < -0.4 is 10.0 Å². The SMILES string of the molecule is CCCCS(=O)(=O)NCC(=O)Nc1cccc(C)c1. The van der Waals surface area contributed by atoms with Crippen molar-refractivity contribution >= 4 is 21.6 Å². The summed E-state index contributed by atoms with van der Waals surface area (Å²) in [6, 6.07) is 7.33. The van der Waals surface area contributed by atoms with E-state index in [9.17, 15) is 13.2 Å². The van der Waals surface area contributed by atoms with E-state index in [-0.39, 0.29) is 18.2 Å². The number of hydrogen-bond acceptors (Lipinski definition) is 3. The maximum Gasteiger partial charge on any atom is 0.239 e. The summed E-state index contributed by atoms with van der Waals surface area (Å²) < 4.78 is 25.3. The second-order valence-electron chi connectivity index (χ2n) is 4.41. The maximum atomic E-state index is 11.6. The molecule has 0 radical (unpaired) electrons. The number of carbonyl (C=O) groups is 1. The number of nitrogens with one attached hydrogen (secondary N) is 2. The number of anilines is 1. The van der Waals surface area contributed by atoms with E-state index in [1.54, 1.807) is 6.07 Å². The van der Waals surface area contributed by atoms with Crippen LogP contribution in [0.5, 0.6) is 0 Å². The second-order valence-corrected chi connectivity index (χ2v) is 6.34. The quantitative estimate of drug-likeness (QED) is 0.799. The first-order valence-electron chi connectivity index (χ1n) is 6.27. The lowest BCUT2D eigenvalue weighted by Gasteiger charge is -2.08. The normalized spacial score (nSPS) is 11.3. The summed E-state index contributed by atoms with van der Waals surface area (Å²) in [5, 5.41) is 2.65. The predicted molar refractivity (Wildman–Crippen MR) is 76.5 cm³/mol. The molecule has 0 aromatic heterocycles. The number of aryl methyl sites for hydroxylation is 1. The van der Waals surface area contributed by atoms with Crippen molar-refractivity contribution in [3.05, 3.63) is 29.8 Å². The van der Waals surface area contributed by atoms with E-state index in [4.69, 9.17) is 0 Å². The molecule has 0 saturated carbocycles. The van der Waals surface area contributed by atoms with Crippen LogP contribution in [0.4, 0.5) is 5.69 Å². The molecule has 1 amide bonds. The topological polar surface area (TPSA) is 75.3 Å². The highest BCUT2D eigenvalue weighted by molar-refractivity contribution is 7.89. The van der Waals surface area contributed by atoms with Gasteiger partial charge in [-0.3, -0.25) is 4.79 Å². The molecule has 0 bridgehead atoms. The third kappa shape index (κ3) is 6.35. The molecule has 0 fully saturated rings. The first kappa shape index (κ1) is 15.7. The molecular formula is C13H20N2O3S. The van der Waals surface area contributed by atoms with Crippen LogP contribution in [0, 0.1) is 6.92 Å². The summed E-state index contributed by atoms with van der Waals surface area (Å²) in [6.07, 6.45) is 1.39. The van der Waals surface area contributed by atoms with Crippen LogP contribution in [0.25, 0.3) is 0 Å². The highest BCUT2D eigenvalue weighted by Crippen LogP contribution is 2.08. The van der Waals surface area contributed by atoms with Gasteiger partial charge in [-0.1, -0.05) is 25.5 Å². The lowest BCUT2D eigenvalue weighted by molar-refractivity contribution is -0.115. The van der Waals surface area contributed by atoms with E-state index in [2.05, 4.69) is 10.0 Å². The fraction of sp³-hybridized carbons (Fsp3) is 0.462. The number of benzene rings is 1. The van der Waals surface area contributed by atoms with Gasteiger partial charge < -0.3 is 5.32 Å². The van der Waals surface area contributed by atoms with Gasteiger partial charge in [0.1, 0.15) is 0 Å².